The molecule has 0 fully saturated rings. The van der Waals surface area contributed by atoms with E-state index in [-0.39, 0.29) is 12.2 Å². The fourth-order valence-electron chi connectivity index (χ4n) is 4.14. The van der Waals surface area contributed by atoms with Gasteiger partial charge in [0, 0.05) is 18.2 Å². The van der Waals surface area contributed by atoms with Crippen LogP contribution in [0.25, 0.3) is 0 Å². The highest BCUT2D eigenvalue weighted by Gasteiger charge is 2.59. The summed E-state index contributed by atoms with van der Waals surface area (Å²) in [5.41, 5.74) is 0.703. The molecule has 0 aromatic heterocycles. The quantitative estimate of drug-likeness (QED) is 0.637. The number of ether oxygens (including phenoxy) is 1. The number of benzene rings is 3. The molecule has 0 radical (unpaired) electrons. The van der Waals surface area contributed by atoms with Gasteiger partial charge in [-0.05, 0) is 24.3 Å². The Bertz CT molecular complexity index is 1160. The van der Waals surface area contributed by atoms with E-state index in [2.05, 4.69) is 0 Å². The molecule has 0 N–H and O–H groups in total. The molecule has 1 unspecified atom stereocenters. The molecule has 2 heterocycles. The van der Waals surface area contributed by atoms with E-state index in [0.717, 1.165) is 5.56 Å². The first-order chi connectivity index (χ1) is 14.1. The molecule has 2 aliphatic rings. The van der Waals surface area contributed by atoms with Crippen molar-refractivity contribution in [3.8, 4) is 0 Å². The fraction of sp³-hybridized carbons (Fsp3) is 0.130. The summed E-state index contributed by atoms with van der Waals surface area (Å²) in [5, 5.41) is 0. The number of fused-ring (bicyclic) bond motifs is 3. The monoisotopic (exact) mass is 388 g/mol. The summed E-state index contributed by atoms with van der Waals surface area (Å²) in [5.74, 6) is -1.67. The number of rotatable bonds is 1. The van der Waals surface area contributed by atoms with Gasteiger partial charge in [0.15, 0.2) is 0 Å². The van der Waals surface area contributed by atoms with Crippen molar-refractivity contribution in [1.82, 2.24) is 0 Å². The Balaban J connectivity index is 1.80. The number of amides is 2. The fourth-order valence-corrected chi connectivity index (χ4v) is 4.14. The maximum Gasteiger partial charge on any atom is 0.285 e. The Kier molecular flexibility index (Phi) is 3.79. The normalized spacial score (nSPS) is 20.0. The van der Waals surface area contributed by atoms with E-state index in [1.807, 2.05) is 18.2 Å². The van der Waals surface area contributed by atoms with Crippen molar-refractivity contribution >= 4 is 23.2 Å². The molecule has 0 saturated carbocycles. The number of anilines is 2. The van der Waals surface area contributed by atoms with Crippen LogP contribution >= 0.6 is 0 Å². The lowest BCUT2D eigenvalue weighted by Crippen LogP contribution is -2.59. The first-order valence-electron chi connectivity index (χ1n) is 9.24. The van der Waals surface area contributed by atoms with E-state index in [9.17, 15) is 14.0 Å². The summed E-state index contributed by atoms with van der Waals surface area (Å²) >= 11 is 0. The number of carbonyl (C=O) groups is 2. The highest BCUT2D eigenvalue weighted by Crippen LogP contribution is 2.50. The van der Waals surface area contributed by atoms with Crippen LogP contribution in [0.15, 0.2) is 72.8 Å². The predicted octanol–water partition coefficient (Wildman–Crippen LogP) is 3.83. The number of hydrogen-bond donors (Lipinski definition) is 0. The Morgan fingerprint density at radius 1 is 0.966 bits per heavy atom. The molecular formula is C23H17FN2O3. The van der Waals surface area contributed by atoms with Gasteiger partial charge in [-0.1, -0.05) is 48.5 Å². The number of para-hydroxylation sites is 2. The van der Waals surface area contributed by atoms with Gasteiger partial charge in [-0.3, -0.25) is 14.5 Å². The van der Waals surface area contributed by atoms with Crippen molar-refractivity contribution in [3.63, 3.8) is 0 Å². The lowest BCUT2D eigenvalue weighted by Gasteiger charge is -2.43. The molecule has 1 atom stereocenters. The van der Waals surface area contributed by atoms with Crippen LogP contribution in [-0.2, 0) is 21.9 Å². The van der Waals surface area contributed by atoms with Gasteiger partial charge in [-0.2, -0.15) is 0 Å². The van der Waals surface area contributed by atoms with Crippen LogP contribution in [0, 0.1) is 5.82 Å². The van der Waals surface area contributed by atoms with Crippen LogP contribution in [0.5, 0.6) is 0 Å². The van der Waals surface area contributed by atoms with Crippen molar-refractivity contribution in [2.75, 3.05) is 16.8 Å². The molecule has 0 aliphatic carbocycles. The van der Waals surface area contributed by atoms with Gasteiger partial charge in [0.1, 0.15) is 5.82 Å². The minimum atomic E-state index is -1.68. The third-order valence-corrected chi connectivity index (χ3v) is 5.52. The average molecular weight is 388 g/mol. The summed E-state index contributed by atoms with van der Waals surface area (Å²) in [7, 11) is 1.64. The van der Waals surface area contributed by atoms with Crippen LogP contribution < -0.4 is 9.80 Å². The Morgan fingerprint density at radius 2 is 1.62 bits per heavy atom. The molecule has 144 valence electrons. The lowest BCUT2D eigenvalue weighted by atomic mass is 9.96. The van der Waals surface area contributed by atoms with E-state index in [1.54, 1.807) is 43.4 Å². The van der Waals surface area contributed by atoms with Crippen LogP contribution in [-0.4, -0.2) is 18.9 Å². The second-order valence-electron chi connectivity index (χ2n) is 7.06. The average Bonchev–Trinajstić information content (AvgIpc) is 2.96. The highest BCUT2D eigenvalue weighted by atomic mass is 19.1. The molecule has 0 saturated heterocycles. The number of carbonyl (C=O) groups excluding carboxylic acids is 2. The van der Waals surface area contributed by atoms with Crippen LogP contribution in [0.1, 0.15) is 21.5 Å². The summed E-state index contributed by atoms with van der Waals surface area (Å²) in [6.45, 7) is 0.158. The zero-order valence-electron chi connectivity index (χ0n) is 15.6. The third kappa shape index (κ3) is 2.29. The summed E-state index contributed by atoms with van der Waals surface area (Å²) in [6, 6.07) is 20.2. The molecule has 2 amide bonds. The minimum Gasteiger partial charge on any atom is -0.338 e. The second kappa shape index (κ2) is 6.25. The van der Waals surface area contributed by atoms with Crippen molar-refractivity contribution in [1.29, 1.82) is 0 Å². The van der Waals surface area contributed by atoms with Crippen molar-refractivity contribution in [3.05, 3.63) is 95.3 Å². The molecule has 5 rings (SSSR count). The smallest absolute Gasteiger partial charge is 0.285 e. The largest absolute Gasteiger partial charge is 0.338 e. The molecule has 5 nitrogen and oxygen atoms in total. The number of hydrogen-bond acceptors (Lipinski definition) is 3. The Morgan fingerprint density at radius 3 is 2.41 bits per heavy atom. The Hall–Kier alpha value is -3.51. The second-order valence-corrected chi connectivity index (χ2v) is 7.06. The molecule has 2 aliphatic heterocycles. The van der Waals surface area contributed by atoms with Crippen LogP contribution in [0.2, 0.25) is 0 Å². The van der Waals surface area contributed by atoms with Gasteiger partial charge in [0.05, 0.1) is 23.5 Å². The van der Waals surface area contributed by atoms with E-state index in [0.29, 0.717) is 16.9 Å². The molecule has 29 heavy (non-hydrogen) atoms. The highest BCUT2D eigenvalue weighted by molar-refractivity contribution is 6.17. The zero-order valence-corrected chi connectivity index (χ0v) is 15.6. The maximum absolute atomic E-state index is 14.5. The predicted molar refractivity (Wildman–Crippen MR) is 106 cm³/mol. The van der Waals surface area contributed by atoms with Gasteiger partial charge < -0.3 is 9.64 Å². The summed E-state index contributed by atoms with van der Waals surface area (Å²) in [6.07, 6.45) is 0. The molecular weight excluding hydrogens is 371 g/mol. The van der Waals surface area contributed by atoms with Gasteiger partial charge in [0.25, 0.3) is 17.5 Å². The molecule has 3 aromatic carbocycles. The van der Waals surface area contributed by atoms with E-state index >= 15 is 0 Å². The van der Waals surface area contributed by atoms with E-state index < -0.39 is 23.4 Å². The van der Waals surface area contributed by atoms with Gasteiger partial charge in [-0.15, -0.1) is 0 Å². The molecule has 3 aromatic rings. The Labute approximate surface area is 166 Å². The van der Waals surface area contributed by atoms with Crippen LogP contribution in [0.3, 0.4) is 0 Å². The minimum absolute atomic E-state index is 0.119. The first-order valence-corrected chi connectivity index (χ1v) is 9.24. The molecule has 0 bridgehead atoms. The topological polar surface area (TPSA) is 49.9 Å². The van der Waals surface area contributed by atoms with Crippen molar-refractivity contribution < 1.29 is 18.7 Å². The van der Waals surface area contributed by atoms with E-state index in [1.165, 1.54) is 28.0 Å². The summed E-state index contributed by atoms with van der Waals surface area (Å²) in [4.78, 5) is 29.9. The first kappa shape index (κ1) is 17.6. The summed E-state index contributed by atoms with van der Waals surface area (Å²) < 4.78 is 20.7. The lowest BCUT2D eigenvalue weighted by molar-refractivity contribution is -0.146. The number of nitrogens with zero attached hydrogens (tertiary/aromatic N) is 2. The number of likely N-dealkylation sites (N-methyl/N-ethyl adjacent to an activating group) is 1. The third-order valence-electron chi connectivity index (χ3n) is 5.52. The molecule has 6 heteroatoms. The zero-order chi connectivity index (χ0) is 20.2. The standard InChI is InChI=1S/C23H17FN2O3/c1-25-20-13-7-4-10-17(20)23(22(25)28)26(19-12-6-2-8-15(19)14-29-23)21(27)16-9-3-5-11-18(16)24/h2-13H,14H2,1H3. The van der Waals surface area contributed by atoms with Gasteiger partial charge >= 0.3 is 0 Å². The van der Waals surface area contributed by atoms with E-state index in [4.69, 9.17) is 4.74 Å². The molecule has 1 spiro atoms. The SMILES string of the molecule is CN1C(=O)C2(OCc3ccccc3N2C(=O)c2ccccc2F)c2ccccc21. The van der Waals surface area contributed by atoms with Gasteiger partial charge in [-0.25, -0.2) is 4.39 Å². The number of halogens is 1. The van der Waals surface area contributed by atoms with Crippen molar-refractivity contribution in [2.45, 2.75) is 12.3 Å². The van der Waals surface area contributed by atoms with Gasteiger partial charge in [0.2, 0.25) is 0 Å². The van der Waals surface area contributed by atoms with Crippen LogP contribution in [0.4, 0.5) is 15.8 Å². The maximum atomic E-state index is 14.5. The van der Waals surface area contributed by atoms with Crippen molar-refractivity contribution in [2.24, 2.45) is 0 Å².